The van der Waals surface area contributed by atoms with Crippen molar-refractivity contribution in [1.82, 2.24) is 5.32 Å². The molecule has 1 aliphatic rings. The molecule has 9 nitrogen and oxygen atoms in total. The number of ether oxygens (including phenoxy) is 2. The van der Waals surface area contributed by atoms with Crippen molar-refractivity contribution in [1.29, 1.82) is 0 Å². The van der Waals surface area contributed by atoms with Gasteiger partial charge >= 0.3 is 0 Å². The number of aliphatic hydroxyl groups is 5. The van der Waals surface area contributed by atoms with Crippen LogP contribution in [0.4, 0.5) is 0 Å². The lowest BCUT2D eigenvalue weighted by molar-refractivity contribution is -0.302. The van der Waals surface area contributed by atoms with E-state index in [0.717, 1.165) is 83.5 Å². The maximum Gasteiger partial charge on any atom is 0.220 e. The predicted octanol–water partition coefficient (Wildman–Crippen LogP) is 18.7. The molecule has 0 radical (unpaired) electrons. The minimum absolute atomic E-state index is 0.175. The van der Waals surface area contributed by atoms with Gasteiger partial charge in [-0.05, 0) is 77.0 Å². The quantitative estimate of drug-likeness (QED) is 0.0261. The van der Waals surface area contributed by atoms with Gasteiger partial charge in [0.15, 0.2) is 6.29 Å². The Kier molecular flexibility index (Phi) is 57.6. The van der Waals surface area contributed by atoms with Gasteiger partial charge in [0.1, 0.15) is 24.4 Å². The highest BCUT2D eigenvalue weighted by atomic mass is 16.7. The molecule has 7 unspecified atom stereocenters. The van der Waals surface area contributed by atoms with E-state index in [-0.39, 0.29) is 12.5 Å². The second kappa shape index (κ2) is 61.2. The molecule has 1 aliphatic heterocycles. The first-order valence-electron chi connectivity index (χ1n) is 34.5. The molecular formula is C73H129NO8. The van der Waals surface area contributed by atoms with Gasteiger partial charge in [-0.2, -0.15) is 0 Å². The molecule has 7 atom stereocenters. The average molecular weight is 1150 g/mol. The highest BCUT2D eigenvalue weighted by Crippen LogP contribution is 2.23. The van der Waals surface area contributed by atoms with Crippen molar-refractivity contribution >= 4 is 5.91 Å². The summed E-state index contributed by atoms with van der Waals surface area (Å²) in [7, 11) is 0. The van der Waals surface area contributed by atoms with Crippen LogP contribution >= 0.6 is 0 Å². The third-order valence-electron chi connectivity index (χ3n) is 15.9. The molecule has 82 heavy (non-hydrogen) atoms. The van der Waals surface area contributed by atoms with Crippen LogP contribution in [0.2, 0.25) is 0 Å². The number of unbranched alkanes of at least 4 members (excludes halogenated alkanes) is 35. The van der Waals surface area contributed by atoms with E-state index in [9.17, 15) is 30.3 Å². The van der Waals surface area contributed by atoms with E-state index in [1.165, 1.54) is 199 Å². The molecular weight excluding hydrogens is 1020 g/mol. The lowest BCUT2D eigenvalue weighted by Crippen LogP contribution is -2.60. The molecule has 1 heterocycles. The second-order valence-corrected chi connectivity index (χ2v) is 23.6. The average Bonchev–Trinajstić information content (AvgIpc) is 3.57. The van der Waals surface area contributed by atoms with Crippen molar-refractivity contribution in [3.63, 3.8) is 0 Å². The Morgan fingerprint density at radius 1 is 0.427 bits per heavy atom. The van der Waals surface area contributed by atoms with Crippen LogP contribution in [0.25, 0.3) is 0 Å². The maximum absolute atomic E-state index is 13.1. The minimum Gasteiger partial charge on any atom is -0.394 e. The Morgan fingerprint density at radius 2 is 0.756 bits per heavy atom. The molecule has 9 heteroatoms. The first-order valence-corrected chi connectivity index (χ1v) is 34.5. The van der Waals surface area contributed by atoms with Crippen LogP contribution in [0.15, 0.2) is 97.2 Å². The van der Waals surface area contributed by atoms with Gasteiger partial charge in [-0.15, -0.1) is 0 Å². The zero-order valence-electron chi connectivity index (χ0n) is 53.0. The number of hydrogen-bond acceptors (Lipinski definition) is 8. The number of carbonyl (C=O) groups excluding carboxylic acids is 1. The van der Waals surface area contributed by atoms with Gasteiger partial charge in [0.2, 0.25) is 5.91 Å². The summed E-state index contributed by atoms with van der Waals surface area (Å²) in [4.78, 5) is 13.1. The highest BCUT2D eigenvalue weighted by Gasteiger charge is 2.44. The lowest BCUT2D eigenvalue weighted by atomic mass is 9.99. The number of hydrogen-bond donors (Lipinski definition) is 6. The molecule has 0 aromatic heterocycles. The fraction of sp³-hybridized carbons (Fsp3) is 0.767. The number of amides is 1. The SMILES string of the molecule is CC/C=C\C/C=C\C/C=C\C/C=C\C/C=C\C/C=C\C/C=C\CCCCCCCCCCCCCCCCCCCCCC(=O)NC(COC1OC(CO)C(O)C(O)C1O)C(O)/C=C/CCCCCCCCCCCCCCCCCC. The van der Waals surface area contributed by atoms with Gasteiger partial charge < -0.3 is 40.3 Å². The van der Waals surface area contributed by atoms with Crippen LogP contribution in [0, 0.1) is 0 Å². The molecule has 0 aliphatic carbocycles. The van der Waals surface area contributed by atoms with E-state index in [1.807, 2.05) is 6.08 Å². The van der Waals surface area contributed by atoms with Gasteiger partial charge in [0.25, 0.3) is 0 Å². The summed E-state index contributed by atoms with van der Waals surface area (Å²) in [6.45, 7) is 3.69. The standard InChI is InChI=1S/C73H129NO8/c1-3-5-7-9-11-13-15-17-19-21-23-24-25-26-27-28-29-30-31-32-33-34-35-36-37-38-39-40-41-42-43-44-45-47-49-51-53-55-57-59-61-63-69(77)74-66(65-81-73-72(80)71(79)70(78)68(64-75)82-73)67(76)62-60-58-56-54-52-50-48-46-22-20-18-16-14-12-10-8-6-4-2/h5,7,11,13,17,19,23-24,26-27,29-30,32-33,60,62,66-68,70-73,75-76,78-80H,3-4,6,8-10,12,14-16,18,20-22,25,28,31,34-59,61,63-65H2,1-2H3,(H,74,77)/b7-5-,13-11-,19-17-,24-23-,27-26-,30-29-,33-32-,62-60+. The largest absolute Gasteiger partial charge is 0.394 e. The first-order chi connectivity index (χ1) is 40.3. The number of aliphatic hydroxyl groups excluding tert-OH is 5. The van der Waals surface area contributed by atoms with Crippen molar-refractivity contribution in [2.75, 3.05) is 13.2 Å². The molecule has 1 amide bonds. The molecule has 474 valence electrons. The lowest BCUT2D eigenvalue weighted by Gasteiger charge is -2.40. The van der Waals surface area contributed by atoms with Crippen molar-refractivity contribution in [2.45, 2.75) is 346 Å². The summed E-state index contributed by atoms with van der Waals surface area (Å²) >= 11 is 0. The van der Waals surface area contributed by atoms with E-state index < -0.39 is 49.5 Å². The van der Waals surface area contributed by atoms with Crippen molar-refractivity contribution in [3.8, 4) is 0 Å². The topological polar surface area (TPSA) is 149 Å². The molecule has 1 rings (SSSR count). The van der Waals surface area contributed by atoms with Crippen LogP contribution in [0.3, 0.4) is 0 Å². The van der Waals surface area contributed by atoms with E-state index >= 15 is 0 Å². The van der Waals surface area contributed by atoms with Crippen molar-refractivity contribution < 1.29 is 39.8 Å². The molecule has 1 saturated heterocycles. The summed E-state index contributed by atoms with van der Waals surface area (Å²) in [5, 5.41) is 54.7. The third-order valence-corrected chi connectivity index (χ3v) is 15.9. The zero-order chi connectivity index (χ0) is 59.3. The van der Waals surface area contributed by atoms with E-state index in [0.29, 0.717) is 6.42 Å². The number of allylic oxidation sites excluding steroid dienone is 15. The summed E-state index contributed by atoms with van der Waals surface area (Å²) in [6, 6.07) is -0.808. The predicted molar refractivity (Wildman–Crippen MR) is 350 cm³/mol. The van der Waals surface area contributed by atoms with Gasteiger partial charge in [-0.3, -0.25) is 4.79 Å². The molecule has 0 bridgehead atoms. The van der Waals surface area contributed by atoms with E-state index in [4.69, 9.17) is 9.47 Å². The number of rotatable bonds is 59. The molecule has 0 saturated carbocycles. The minimum atomic E-state index is -1.57. The maximum atomic E-state index is 13.1. The molecule has 0 aromatic rings. The summed E-state index contributed by atoms with van der Waals surface area (Å²) in [5.74, 6) is -0.175. The Hall–Kier alpha value is -2.89. The molecule has 0 spiro atoms. The van der Waals surface area contributed by atoms with Crippen LogP contribution in [0.1, 0.15) is 303 Å². The van der Waals surface area contributed by atoms with E-state index in [2.05, 4.69) is 104 Å². The summed E-state index contributed by atoms with van der Waals surface area (Å²) in [5.41, 5.74) is 0. The van der Waals surface area contributed by atoms with E-state index in [1.54, 1.807) is 6.08 Å². The molecule has 1 fully saturated rings. The van der Waals surface area contributed by atoms with Gasteiger partial charge in [-0.25, -0.2) is 0 Å². The van der Waals surface area contributed by atoms with Crippen molar-refractivity contribution in [2.24, 2.45) is 0 Å². The van der Waals surface area contributed by atoms with Crippen LogP contribution in [0.5, 0.6) is 0 Å². The fourth-order valence-electron chi connectivity index (χ4n) is 10.6. The molecule has 6 N–H and O–H groups in total. The smallest absolute Gasteiger partial charge is 0.220 e. The number of nitrogens with one attached hydrogen (secondary N) is 1. The Bertz CT molecular complexity index is 1620. The van der Waals surface area contributed by atoms with Gasteiger partial charge in [0.05, 0.1) is 25.4 Å². The Balaban J connectivity index is 2.08. The Labute approximate surface area is 504 Å². The zero-order valence-corrected chi connectivity index (χ0v) is 53.0. The van der Waals surface area contributed by atoms with Crippen molar-refractivity contribution in [3.05, 3.63) is 97.2 Å². The van der Waals surface area contributed by atoms with Crippen LogP contribution < -0.4 is 5.32 Å². The van der Waals surface area contributed by atoms with Crippen LogP contribution in [-0.2, 0) is 14.3 Å². The Morgan fingerprint density at radius 3 is 1.12 bits per heavy atom. The third kappa shape index (κ3) is 49.4. The second-order valence-electron chi connectivity index (χ2n) is 23.6. The fourth-order valence-corrected chi connectivity index (χ4v) is 10.6. The highest BCUT2D eigenvalue weighted by molar-refractivity contribution is 5.76. The van der Waals surface area contributed by atoms with Gasteiger partial charge in [-0.1, -0.05) is 317 Å². The van der Waals surface area contributed by atoms with Crippen LogP contribution in [-0.4, -0.2) is 87.5 Å². The first kappa shape index (κ1) is 77.1. The molecule has 0 aromatic carbocycles. The van der Waals surface area contributed by atoms with Gasteiger partial charge in [0, 0.05) is 6.42 Å². The monoisotopic (exact) mass is 1150 g/mol. The normalized spacial score (nSPS) is 18.9. The summed E-state index contributed by atoms with van der Waals surface area (Å²) in [6.07, 6.45) is 82.2. The summed E-state index contributed by atoms with van der Waals surface area (Å²) < 4.78 is 11.3. The number of carbonyl (C=O) groups is 1.